The third-order valence-electron chi connectivity index (χ3n) is 3.68. The number of thiazole rings is 1. The summed E-state index contributed by atoms with van der Waals surface area (Å²) in [6, 6.07) is 1.68. The van der Waals surface area contributed by atoms with Crippen LogP contribution in [0.15, 0.2) is 29.4 Å². The van der Waals surface area contributed by atoms with Crippen molar-refractivity contribution in [3.63, 3.8) is 0 Å². The Morgan fingerprint density at radius 3 is 2.52 bits per heavy atom. The summed E-state index contributed by atoms with van der Waals surface area (Å²) in [6.07, 6.45) is 2.78. The van der Waals surface area contributed by atoms with E-state index >= 15 is 0 Å². The molecule has 0 aliphatic heterocycles. The average Bonchev–Trinajstić information content (AvgIpc) is 2.95. The molecule has 0 atom stereocenters. The fraction of sp³-hybridized carbons (Fsp3) is 0.368. The number of alkyl halides is 3. The van der Waals surface area contributed by atoms with Gasteiger partial charge in [0.25, 0.3) is 5.91 Å². The number of amides is 1. The lowest BCUT2D eigenvalue weighted by atomic mass is 9.95. The van der Waals surface area contributed by atoms with E-state index in [9.17, 15) is 22.4 Å². The van der Waals surface area contributed by atoms with Crippen molar-refractivity contribution in [1.29, 1.82) is 0 Å². The highest BCUT2D eigenvalue weighted by molar-refractivity contribution is 7.09. The number of aryl methyl sites for hydroxylation is 1. The van der Waals surface area contributed by atoms with E-state index in [0.717, 1.165) is 4.88 Å². The fourth-order valence-electron chi connectivity index (χ4n) is 2.17. The first-order valence-corrected chi connectivity index (χ1v) is 8.85. The van der Waals surface area contributed by atoms with E-state index in [1.54, 1.807) is 10.8 Å². The lowest BCUT2D eigenvalue weighted by Gasteiger charge is -2.14. The van der Waals surface area contributed by atoms with Crippen LogP contribution < -0.4 is 4.80 Å². The molecule has 1 heterocycles. The van der Waals surface area contributed by atoms with Gasteiger partial charge in [0, 0.05) is 24.0 Å². The summed E-state index contributed by atoms with van der Waals surface area (Å²) < 4.78 is 54.1. The van der Waals surface area contributed by atoms with Gasteiger partial charge in [0.05, 0.1) is 11.1 Å². The highest BCUT2D eigenvalue weighted by Crippen LogP contribution is 2.30. The molecule has 0 unspecified atom stereocenters. The maximum absolute atomic E-state index is 13.9. The van der Waals surface area contributed by atoms with E-state index in [2.05, 4.69) is 10.9 Å². The van der Waals surface area contributed by atoms with Crippen LogP contribution in [0.5, 0.6) is 0 Å². The molecular formula is C19H18F4N2OS. The van der Waals surface area contributed by atoms with Crippen molar-refractivity contribution in [3.8, 4) is 12.3 Å². The van der Waals surface area contributed by atoms with E-state index in [1.165, 1.54) is 11.3 Å². The van der Waals surface area contributed by atoms with Crippen LogP contribution in [0.1, 0.15) is 48.0 Å². The lowest BCUT2D eigenvalue weighted by molar-refractivity contribution is -0.137. The number of rotatable bonds is 3. The fourth-order valence-corrected chi connectivity index (χ4v) is 3.24. The van der Waals surface area contributed by atoms with Crippen LogP contribution in [0.4, 0.5) is 17.6 Å². The second-order valence-electron chi connectivity index (χ2n) is 6.88. The molecule has 0 saturated heterocycles. The molecule has 0 fully saturated rings. The molecule has 0 bridgehead atoms. The zero-order valence-corrected chi connectivity index (χ0v) is 15.8. The van der Waals surface area contributed by atoms with Crippen molar-refractivity contribution in [2.75, 3.05) is 0 Å². The van der Waals surface area contributed by atoms with Crippen LogP contribution in [0, 0.1) is 18.2 Å². The van der Waals surface area contributed by atoms with Crippen LogP contribution in [0.25, 0.3) is 0 Å². The normalized spacial score (nSPS) is 12.9. The molecule has 0 aliphatic carbocycles. The van der Waals surface area contributed by atoms with Gasteiger partial charge in [-0.3, -0.25) is 4.79 Å². The molecule has 0 spiro atoms. The minimum absolute atomic E-state index is 0.221. The Kier molecular flexibility index (Phi) is 5.95. The molecule has 0 radical (unpaired) electrons. The largest absolute Gasteiger partial charge is 0.416 e. The van der Waals surface area contributed by atoms with Gasteiger partial charge in [-0.15, -0.1) is 23.7 Å². The molecule has 0 aliphatic rings. The van der Waals surface area contributed by atoms with E-state index < -0.39 is 29.0 Å². The van der Waals surface area contributed by atoms with Crippen LogP contribution >= 0.6 is 11.3 Å². The number of aromatic nitrogens is 1. The molecule has 2 aromatic rings. The van der Waals surface area contributed by atoms with E-state index in [-0.39, 0.29) is 10.2 Å². The second-order valence-corrected chi connectivity index (χ2v) is 7.89. The molecular weight excluding hydrogens is 380 g/mol. The highest BCUT2D eigenvalue weighted by Gasteiger charge is 2.32. The molecule has 1 aromatic heterocycles. The monoisotopic (exact) mass is 398 g/mol. The Labute approximate surface area is 158 Å². The standard InChI is InChI=1S/C19H18F4N2OS/c1-5-6-9-25-11-15(18(2,3)4)27-17(25)24-16(26)13-10-12(19(21,22)23)7-8-14(13)20/h1,7-8,10-11H,6,9H2,2-4H3. The smallest absolute Gasteiger partial charge is 0.322 e. The van der Waals surface area contributed by atoms with Gasteiger partial charge in [-0.1, -0.05) is 20.8 Å². The quantitative estimate of drug-likeness (QED) is 0.542. The maximum Gasteiger partial charge on any atom is 0.416 e. The van der Waals surface area contributed by atoms with Crippen LogP contribution in [0.3, 0.4) is 0 Å². The Hall–Kier alpha value is -2.40. The minimum Gasteiger partial charge on any atom is -0.322 e. The third kappa shape index (κ3) is 5.07. The number of hydrogen-bond acceptors (Lipinski definition) is 2. The Balaban J connectivity index is 2.54. The molecule has 3 nitrogen and oxygen atoms in total. The molecule has 144 valence electrons. The van der Waals surface area contributed by atoms with Gasteiger partial charge in [-0.25, -0.2) is 4.39 Å². The number of benzene rings is 1. The first kappa shape index (κ1) is 20.9. The van der Waals surface area contributed by atoms with E-state index in [0.29, 0.717) is 31.2 Å². The van der Waals surface area contributed by atoms with Gasteiger partial charge < -0.3 is 4.57 Å². The molecule has 0 N–H and O–H groups in total. The summed E-state index contributed by atoms with van der Waals surface area (Å²) in [4.78, 5) is 17.4. The first-order valence-electron chi connectivity index (χ1n) is 8.03. The topological polar surface area (TPSA) is 34.4 Å². The average molecular weight is 398 g/mol. The molecule has 1 aromatic carbocycles. The van der Waals surface area contributed by atoms with Crippen molar-refractivity contribution in [2.45, 2.75) is 45.3 Å². The molecule has 8 heteroatoms. The summed E-state index contributed by atoms with van der Waals surface area (Å²) in [6.45, 7) is 6.31. The van der Waals surface area contributed by atoms with Gasteiger partial charge in [0.1, 0.15) is 5.82 Å². The van der Waals surface area contributed by atoms with Crippen molar-refractivity contribution in [1.82, 2.24) is 4.57 Å². The SMILES string of the molecule is C#CCCn1cc(C(C)(C)C)sc1=NC(=O)c1cc(C(F)(F)F)ccc1F. The van der Waals surface area contributed by atoms with Gasteiger partial charge in [0.2, 0.25) is 0 Å². The minimum atomic E-state index is -4.68. The highest BCUT2D eigenvalue weighted by atomic mass is 32.1. The van der Waals surface area contributed by atoms with Crippen LogP contribution in [0.2, 0.25) is 0 Å². The summed E-state index contributed by atoms with van der Waals surface area (Å²) in [5.41, 5.74) is -2.05. The molecule has 1 amide bonds. The number of carbonyl (C=O) groups excluding carboxylic acids is 1. The van der Waals surface area contributed by atoms with Crippen molar-refractivity contribution in [3.05, 3.63) is 51.0 Å². The first-order chi connectivity index (χ1) is 12.4. The summed E-state index contributed by atoms with van der Waals surface area (Å²) in [7, 11) is 0. The molecule has 0 saturated carbocycles. The molecule has 27 heavy (non-hydrogen) atoms. The van der Waals surface area contributed by atoms with Gasteiger partial charge in [-0.05, 0) is 23.6 Å². The summed E-state index contributed by atoms with van der Waals surface area (Å²) in [5.74, 6) is 0.352. The summed E-state index contributed by atoms with van der Waals surface area (Å²) in [5, 5.41) is 0. The zero-order valence-electron chi connectivity index (χ0n) is 15.0. The Bertz CT molecular complexity index is 956. The zero-order chi connectivity index (χ0) is 20.4. The number of halogens is 4. The van der Waals surface area contributed by atoms with Crippen molar-refractivity contribution in [2.24, 2.45) is 4.99 Å². The van der Waals surface area contributed by atoms with E-state index in [4.69, 9.17) is 6.42 Å². The number of terminal acetylenes is 1. The number of hydrogen-bond donors (Lipinski definition) is 0. The lowest BCUT2D eigenvalue weighted by Crippen LogP contribution is -2.17. The third-order valence-corrected chi connectivity index (χ3v) is 5.12. The summed E-state index contributed by atoms with van der Waals surface area (Å²) >= 11 is 1.22. The van der Waals surface area contributed by atoms with Gasteiger partial charge in [-0.2, -0.15) is 18.2 Å². The second kappa shape index (κ2) is 7.69. The molecule has 2 rings (SSSR count). The number of carbonyl (C=O) groups is 1. The number of nitrogens with zero attached hydrogens (tertiary/aromatic N) is 2. The van der Waals surface area contributed by atoms with Crippen LogP contribution in [-0.2, 0) is 18.1 Å². The predicted molar refractivity (Wildman–Crippen MR) is 95.8 cm³/mol. The van der Waals surface area contributed by atoms with Crippen molar-refractivity contribution < 1.29 is 22.4 Å². The van der Waals surface area contributed by atoms with Crippen molar-refractivity contribution >= 4 is 17.2 Å². The maximum atomic E-state index is 13.9. The van der Waals surface area contributed by atoms with Crippen LogP contribution in [-0.4, -0.2) is 10.5 Å². The van der Waals surface area contributed by atoms with Gasteiger partial charge in [0.15, 0.2) is 4.80 Å². The van der Waals surface area contributed by atoms with Gasteiger partial charge >= 0.3 is 6.18 Å². The predicted octanol–water partition coefficient (Wildman–Crippen LogP) is 4.77. The Morgan fingerprint density at radius 1 is 1.30 bits per heavy atom. The Morgan fingerprint density at radius 2 is 1.96 bits per heavy atom. The van der Waals surface area contributed by atoms with E-state index in [1.807, 2.05) is 20.8 Å².